The van der Waals surface area contributed by atoms with E-state index < -0.39 is 0 Å². The van der Waals surface area contributed by atoms with Crippen LogP contribution < -0.4 is 14.8 Å². The van der Waals surface area contributed by atoms with Crippen LogP contribution in [0.2, 0.25) is 0 Å². The van der Waals surface area contributed by atoms with Crippen molar-refractivity contribution in [3.8, 4) is 11.5 Å². The highest BCUT2D eigenvalue weighted by atomic mass is 16.6. The molecule has 0 unspecified atom stereocenters. The van der Waals surface area contributed by atoms with Crippen LogP contribution in [0.1, 0.15) is 41.1 Å². The molecule has 1 N–H and O–H groups in total. The molecule has 0 aromatic heterocycles. The first-order valence-corrected chi connectivity index (χ1v) is 9.82. The van der Waals surface area contributed by atoms with Crippen LogP contribution in [0.15, 0.2) is 36.4 Å². The maximum Gasteiger partial charge on any atom is 0.161 e. The van der Waals surface area contributed by atoms with Crippen molar-refractivity contribution in [3.63, 3.8) is 0 Å². The van der Waals surface area contributed by atoms with Crippen molar-refractivity contribution >= 4 is 0 Å². The molecule has 4 heteroatoms. The van der Waals surface area contributed by atoms with E-state index in [0.717, 1.165) is 44.1 Å². The highest BCUT2D eigenvalue weighted by Gasteiger charge is 2.27. The molecule has 1 saturated heterocycles. The van der Waals surface area contributed by atoms with Crippen LogP contribution in [0.5, 0.6) is 11.5 Å². The normalized spacial score (nSPS) is 22.2. The van der Waals surface area contributed by atoms with E-state index in [-0.39, 0.29) is 0 Å². The summed E-state index contributed by atoms with van der Waals surface area (Å²) < 4.78 is 11.5. The molecule has 0 bridgehead atoms. The summed E-state index contributed by atoms with van der Waals surface area (Å²) in [7, 11) is 0. The monoisotopic (exact) mass is 350 g/mol. The topological polar surface area (TPSA) is 33.7 Å². The van der Waals surface area contributed by atoms with Crippen molar-refractivity contribution in [3.05, 3.63) is 58.7 Å². The molecule has 0 amide bonds. The van der Waals surface area contributed by atoms with Gasteiger partial charge in [0.25, 0.3) is 0 Å². The van der Waals surface area contributed by atoms with Crippen molar-refractivity contribution in [2.45, 2.75) is 38.4 Å². The Morgan fingerprint density at radius 2 is 1.92 bits per heavy atom. The number of nitrogens with zero attached hydrogens (tertiary/aromatic N) is 1. The zero-order valence-corrected chi connectivity index (χ0v) is 15.2. The fraction of sp³-hybridized carbons (Fsp3) is 0.455. The van der Waals surface area contributed by atoms with Crippen molar-refractivity contribution in [1.82, 2.24) is 10.2 Å². The first-order chi connectivity index (χ1) is 12.9. The van der Waals surface area contributed by atoms with E-state index >= 15 is 0 Å². The molecule has 0 spiro atoms. The quantitative estimate of drug-likeness (QED) is 0.919. The molecule has 4 nitrogen and oxygen atoms in total. The number of ether oxygens (including phenoxy) is 2. The summed E-state index contributed by atoms with van der Waals surface area (Å²) in [6.07, 6.45) is 3.62. The summed E-state index contributed by atoms with van der Waals surface area (Å²) in [5.41, 5.74) is 5.78. The minimum absolute atomic E-state index is 0.475. The maximum absolute atomic E-state index is 5.79. The summed E-state index contributed by atoms with van der Waals surface area (Å²) in [6.45, 7) is 5.60. The minimum atomic E-state index is 0.475. The number of fused-ring (bicyclic) bond motifs is 2. The Morgan fingerprint density at radius 1 is 1.00 bits per heavy atom. The fourth-order valence-corrected chi connectivity index (χ4v) is 4.52. The van der Waals surface area contributed by atoms with Gasteiger partial charge in [0.15, 0.2) is 11.5 Å². The SMILES string of the molecule is c1cc2c(cc1CN1CCC[C@@H]1c1ccc3c(c1)OCCO3)CCNC2. The van der Waals surface area contributed by atoms with Crippen LogP contribution in [0.25, 0.3) is 0 Å². The second kappa shape index (κ2) is 6.93. The molecule has 2 aromatic rings. The van der Waals surface area contributed by atoms with Gasteiger partial charge in [0.2, 0.25) is 0 Å². The third kappa shape index (κ3) is 3.08. The van der Waals surface area contributed by atoms with Crippen LogP contribution in [-0.2, 0) is 19.5 Å². The lowest BCUT2D eigenvalue weighted by Crippen LogP contribution is -2.25. The molecule has 5 rings (SSSR count). The van der Waals surface area contributed by atoms with E-state index in [4.69, 9.17) is 9.47 Å². The minimum Gasteiger partial charge on any atom is -0.486 e. The van der Waals surface area contributed by atoms with Gasteiger partial charge in [0.1, 0.15) is 13.2 Å². The van der Waals surface area contributed by atoms with Crippen LogP contribution in [-0.4, -0.2) is 31.2 Å². The maximum atomic E-state index is 5.79. The molecule has 0 saturated carbocycles. The van der Waals surface area contributed by atoms with E-state index in [1.165, 1.54) is 35.1 Å². The predicted molar refractivity (Wildman–Crippen MR) is 102 cm³/mol. The molecule has 3 aliphatic rings. The smallest absolute Gasteiger partial charge is 0.161 e. The molecule has 0 aliphatic carbocycles. The number of rotatable bonds is 3. The van der Waals surface area contributed by atoms with Gasteiger partial charge in [-0.05, 0) is 66.7 Å². The molecule has 26 heavy (non-hydrogen) atoms. The first kappa shape index (κ1) is 16.2. The zero-order chi connectivity index (χ0) is 17.3. The summed E-state index contributed by atoms with van der Waals surface area (Å²) in [5, 5.41) is 3.45. The highest BCUT2D eigenvalue weighted by molar-refractivity contribution is 5.45. The van der Waals surface area contributed by atoms with Gasteiger partial charge in [-0.15, -0.1) is 0 Å². The fourth-order valence-electron chi connectivity index (χ4n) is 4.52. The van der Waals surface area contributed by atoms with Gasteiger partial charge in [-0.1, -0.05) is 24.3 Å². The molecule has 136 valence electrons. The van der Waals surface area contributed by atoms with Gasteiger partial charge >= 0.3 is 0 Å². The number of hydrogen-bond acceptors (Lipinski definition) is 4. The molecular weight excluding hydrogens is 324 g/mol. The molecule has 0 radical (unpaired) electrons. The average molecular weight is 350 g/mol. The highest BCUT2D eigenvalue weighted by Crippen LogP contribution is 2.38. The standard InChI is InChI=1S/C22H26N2O2/c1-2-20(18-5-6-21-22(13-18)26-11-10-25-21)24(9-1)15-16-3-4-19-14-23-8-7-17(19)12-16/h3-6,12-13,20,23H,1-2,7-11,14-15H2/t20-/m1/s1. The van der Waals surface area contributed by atoms with Crippen LogP contribution in [0.3, 0.4) is 0 Å². The summed E-state index contributed by atoms with van der Waals surface area (Å²) in [6, 6.07) is 14.0. The van der Waals surface area contributed by atoms with E-state index in [1.807, 2.05) is 0 Å². The van der Waals surface area contributed by atoms with E-state index in [1.54, 1.807) is 0 Å². The van der Waals surface area contributed by atoms with Crippen LogP contribution in [0, 0.1) is 0 Å². The molecule has 3 aliphatic heterocycles. The first-order valence-electron chi connectivity index (χ1n) is 9.82. The van der Waals surface area contributed by atoms with Gasteiger partial charge < -0.3 is 14.8 Å². The predicted octanol–water partition coefficient (Wildman–Crippen LogP) is 3.44. The number of benzene rings is 2. The molecule has 1 atom stereocenters. The summed E-state index contributed by atoms with van der Waals surface area (Å²) in [4.78, 5) is 2.62. The Hall–Kier alpha value is -2.04. The van der Waals surface area contributed by atoms with Crippen molar-refractivity contribution in [1.29, 1.82) is 0 Å². The Labute approximate surface area is 155 Å². The number of hydrogen-bond donors (Lipinski definition) is 1. The third-order valence-corrected chi connectivity index (χ3v) is 5.86. The lowest BCUT2D eigenvalue weighted by Gasteiger charge is -2.27. The van der Waals surface area contributed by atoms with Gasteiger partial charge in [-0.2, -0.15) is 0 Å². The Bertz CT molecular complexity index is 805. The molecule has 1 fully saturated rings. The second-order valence-electron chi connectivity index (χ2n) is 7.56. The molecule has 2 aromatic carbocycles. The van der Waals surface area contributed by atoms with Crippen molar-refractivity contribution in [2.75, 3.05) is 26.3 Å². The number of nitrogens with one attached hydrogen (secondary N) is 1. The number of likely N-dealkylation sites (tertiary alicyclic amines) is 1. The van der Waals surface area contributed by atoms with Gasteiger partial charge in [0.05, 0.1) is 0 Å². The zero-order valence-electron chi connectivity index (χ0n) is 15.2. The van der Waals surface area contributed by atoms with Crippen LogP contribution >= 0.6 is 0 Å². The largest absolute Gasteiger partial charge is 0.486 e. The molecular formula is C22H26N2O2. The Balaban J connectivity index is 1.36. The third-order valence-electron chi connectivity index (χ3n) is 5.86. The molecule has 3 heterocycles. The summed E-state index contributed by atoms with van der Waals surface area (Å²) >= 11 is 0. The Morgan fingerprint density at radius 3 is 2.88 bits per heavy atom. The average Bonchev–Trinajstić information content (AvgIpc) is 3.15. The van der Waals surface area contributed by atoms with Crippen molar-refractivity contribution in [2.24, 2.45) is 0 Å². The lowest BCUT2D eigenvalue weighted by atomic mass is 9.98. The van der Waals surface area contributed by atoms with Crippen molar-refractivity contribution < 1.29 is 9.47 Å². The van der Waals surface area contributed by atoms with Gasteiger partial charge in [-0.3, -0.25) is 4.90 Å². The summed E-state index contributed by atoms with van der Waals surface area (Å²) in [5.74, 6) is 1.79. The van der Waals surface area contributed by atoms with Gasteiger partial charge in [-0.25, -0.2) is 0 Å². The lowest BCUT2D eigenvalue weighted by molar-refractivity contribution is 0.170. The second-order valence-corrected chi connectivity index (χ2v) is 7.56. The Kier molecular flexibility index (Phi) is 4.31. The van der Waals surface area contributed by atoms with Crippen LogP contribution in [0.4, 0.5) is 0 Å². The van der Waals surface area contributed by atoms with E-state index in [2.05, 4.69) is 46.6 Å². The van der Waals surface area contributed by atoms with Gasteiger partial charge in [0, 0.05) is 19.1 Å². The van der Waals surface area contributed by atoms with E-state index in [9.17, 15) is 0 Å². The van der Waals surface area contributed by atoms with E-state index in [0.29, 0.717) is 19.3 Å².